The summed E-state index contributed by atoms with van der Waals surface area (Å²) in [6.45, 7) is 8.13. The van der Waals surface area contributed by atoms with Crippen LogP contribution in [-0.4, -0.2) is 48.2 Å². The second kappa shape index (κ2) is 6.92. The van der Waals surface area contributed by atoms with Crippen LogP contribution in [-0.2, 0) is 4.74 Å². The molecule has 1 amide bonds. The Morgan fingerprint density at radius 3 is 2.11 bits per heavy atom. The van der Waals surface area contributed by atoms with E-state index in [0.717, 1.165) is 0 Å². The van der Waals surface area contributed by atoms with Crippen molar-refractivity contribution in [1.29, 1.82) is 0 Å². The van der Waals surface area contributed by atoms with Crippen molar-refractivity contribution in [2.45, 2.75) is 26.9 Å². The third-order valence-corrected chi connectivity index (χ3v) is 2.76. The molecule has 4 N–H and O–H groups in total. The van der Waals surface area contributed by atoms with E-state index in [1.54, 1.807) is 17.1 Å². The first-order valence-corrected chi connectivity index (χ1v) is 6.50. The molecular weight excluding hydrogens is 244 g/mol. The summed E-state index contributed by atoms with van der Waals surface area (Å²) in [6, 6.07) is 0. The molecule has 108 valence electrons. The Morgan fingerprint density at radius 2 is 1.63 bits per heavy atom. The van der Waals surface area contributed by atoms with E-state index < -0.39 is 0 Å². The predicted octanol–water partition coefficient (Wildman–Crippen LogP) is 0.812. The molecule has 1 heterocycles. The van der Waals surface area contributed by atoms with Gasteiger partial charge in [-0.3, -0.25) is 0 Å². The van der Waals surface area contributed by atoms with Crippen LogP contribution in [0.4, 0.5) is 4.79 Å². The number of hydrogen-bond acceptors (Lipinski definition) is 5. The van der Waals surface area contributed by atoms with Crippen molar-refractivity contribution in [3.8, 4) is 0 Å². The Hall–Kier alpha value is -1.85. The summed E-state index contributed by atoms with van der Waals surface area (Å²) >= 11 is 0. The van der Waals surface area contributed by atoms with Crippen LogP contribution < -0.4 is 11.5 Å². The van der Waals surface area contributed by atoms with Gasteiger partial charge in [-0.25, -0.2) is 4.79 Å². The minimum Gasteiger partial charge on any atom is -0.447 e. The molecule has 0 aliphatic carbocycles. The van der Waals surface area contributed by atoms with Gasteiger partial charge in [0.1, 0.15) is 0 Å². The first-order valence-electron chi connectivity index (χ1n) is 6.50. The number of carbonyl (C=O) groups excluding carboxylic acids is 1. The topological polar surface area (TPSA) is 84.8 Å². The third-order valence-electron chi connectivity index (χ3n) is 2.76. The quantitative estimate of drug-likeness (QED) is 0.740. The van der Waals surface area contributed by atoms with E-state index in [2.05, 4.69) is 0 Å². The van der Waals surface area contributed by atoms with Crippen molar-refractivity contribution in [1.82, 2.24) is 9.80 Å². The molecule has 6 nitrogen and oxygen atoms in total. The Kier molecular flexibility index (Phi) is 5.54. The normalized spacial score (nSPS) is 17.9. The molecular formula is C13H24N4O2. The maximum absolute atomic E-state index is 11.7. The van der Waals surface area contributed by atoms with Gasteiger partial charge in [0.05, 0.1) is 11.9 Å². The lowest BCUT2D eigenvalue weighted by Crippen LogP contribution is -2.49. The summed E-state index contributed by atoms with van der Waals surface area (Å²) in [4.78, 5) is 15.4. The molecule has 1 rings (SSSR count). The Labute approximate surface area is 114 Å². The average Bonchev–Trinajstić information content (AvgIpc) is 2.35. The van der Waals surface area contributed by atoms with E-state index in [9.17, 15) is 4.79 Å². The van der Waals surface area contributed by atoms with Crippen LogP contribution in [0.15, 0.2) is 23.7 Å². The van der Waals surface area contributed by atoms with E-state index in [-0.39, 0.29) is 12.2 Å². The lowest BCUT2D eigenvalue weighted by molar-refractivity contribution is 0.0619. The summed E-state index contributed by atoms with van der Waals surface area (Å²) in [7, 11) is 0. The van der Waals surface area contributed by atoms with Gasteiger partial charge in [-0.1, -0.05) is 0 Å². The minimum atomic E-state index is -0.255. The zero-order valence-corrected chi connectivity index (χ0v) is 11.9. The number of piperazine rings is 1. The van der Waals surface area contributed by atoms with Gasteiger partial charge >= 0.3 is 6.09 Å². The van der Waals surface area contributed by atoms with Crippen molar-refractivity contribution >= 4 is 6.09 Å². The molecule has 1 saturated heterocycles. The van der Waals surface area contributed by atoms with Crippen molar-refractivity contribution < 1.29 is 9.53 Å². The molecule has 0 atom stereocenters. The average molecular weight is 268 g/mol. The molecule has 0 radical (unpaired) electrons. The number of ether oxygens (including phenoxy) is 1. The van der Waals surface area contributed by atoms with Gasteiger partial charge in [-0.15, -0.1) is 0 Å². The van der Waals surface area contributed by atoms with Crippen molar-refractivity contribution in [2.75, 3.05) is 26.2 Å². The highest BCUT2D eigenvalue weighted by molar-refractivity contribution is 5.67. The summed E-state index contributed by atoms with van der Waals surface area (Å²) in [6.07, 6.45) is 3.22. The molecule has 0 saturated carbocycles. The van der Waals surface area contributed by atoms with Crippen molar-refractivity contribution in [3.63, 3.8) is 0 Å². The van der Waals surface area contributed by atoms with Crippen LogP contribution in [0.2, 0.25) is 0 Å². The summed E-state index contributed by atoms with van der Waals surface area (Å²) in [5.41, 5.74) is 12.2. The minimum absolute atomic E-state index is 0.0897. The van der Waals surface area contributed by atoms with E-state index in [1.165, 1.54) is 0 Å². The fraction of sp³-hybridized carbons (Fsp3) is 0.615. The standard InChI is InChI=1S/C13H24N4O2/c1-10(2)19-13(18)17-8-6-16(7-9-17)12(15)5-4-11(3)14/h4-5,10H,6-9,14-15H2,1-3H3/b11-4-,12-5+. The number of hydrogen-bond donors (Lipinski definition) is 2. The molecule has 1 aliphatic rings. The van der Waals surface area contributed by atoms with Gasteiger partial charge in [-0.2, -0.15) is 0 Å². The maximum atomic E-state index is 11.7. The van der Waals surface area contributed by atoms with Gasteiger partial charge in [0.25, 0.3) is 0 Å². The predicted molar refractivity (Wildman–Crippen MR) is 75.0 cm³/mol. The number of nitrogens with two attached hydrogens (primary N) is 2. The Balaban J connectivity index is 2.47. The molecule has 1 fully saturated rings. The largest absolute Gasteiger partial charge is 0.447 e. The smallest absolute Gasteiger partial charge is 0.410 e. The number of nitrogens with zero attached hydrogens (tertiary/aromatic N) is 2. The first-order chi connectivity index (χ1) is 8.90. The monoisotopic (exact) mass is 268 g/mol. The molecule has 6 heteroatoms. The van der Waals surface area contributed by atoms with Crippen LogP contribution in [0.1, 0.15) is 20.8 Å². The second-order valence-electron chi connectivity index (χ2n) is 4.91. The van der Waals surface area contributed by atoms with E-state index in [4.69, 9.17) is 16.2 Å². The Morgan fingerprint density at radius 1 is 1.11 bits per heavy atom. The number of carbonyl (C=O) groups is 1. The van der Waals surface area contributed by atoms with Gasteiger partial charge in [0.15, 0.2) is 0 Å². The summed E-state index contributed by atoms with van der Waals surface area (Å²) in [5.74, 6) is 0.668. The first kappa shape index (κ1) is 15.2. The molecule has 0 unspecified atom stereocenters. The molecule has 0 aromatic carbocycles. The maximum Gasteiger partial charge on any atom is 0.410 e. The van der Waals surface area contributed by atoms with Crippen LogP contribution >= 0.6 is 0 Å². The van der Waals surface area contributed by atoms with Gasteiger partial charge in [0.2, 0.25) is 0 Å². The lowest BCUT2D eigenvalue weighted by atomic mass is 10.3. The number of rotatable bonds is 3. The van der Waals surface area contributed by atoms with Gasteiger partial charge in [0, 0.05) is 31.9 Å². The number of amides is 1. The highest BCUT2D eigenvalue weighted by Gasteiger charge is 2.22. The fourth-order valence-corrected chi connectivity index (χ4v) is 1.75. The Bertz CT molecular complexity index is 365. The van der Waals surface area contributed by atoms with Gasteiger partial charge in [-0.05, 0) is 32.9 Å². The highest BCUT2D eigenvalue weighted by atomic mass is 16.6. The van der Waals surface area contributed by atoms with Crippen LogP contribution in [0.5, 0.6) is 0 Å². The molecule has 1 aliphatic heterocycles. The molecule has 0 bridgehead atoms. The zero-order valence-electron chi connectivity index (χ0n) is 11.9. The van der Waals surface area contributed by atoms with Crippen molar-refractivity contribution in [2.24, 2.45) is 11.5 Å². The summed E-state index contributed by atoms with van der Waals surface area (Å²) < 4.78 is 5.16. The van der Waals surface area contributed by atoms with E-state index in [1.807, 2.05) is 25.7 Å². The van der Waals surface area contributed by atoms with E-state index >= 15 is 0 Å². The molecule has 0 aromatic heterocycles. The van der Waals surface area contributed by atoms with Crippen LogP contribution in [0, 0.1) is 0 Å². The fourth-order valence-electron chi connectivity index (χ4n) is 1.75. The lowest BCUT2D eigenvalue weighted by Gasteiger charge is -2.35. The van der Waals surface area contributed by atoms with E-state index in [0.29, 0.717) is 37.7 Å². The molecule has 0 aromatic rings. The number of allylic oxidation sites excluding steroid dienone is 3. The summed E-state index contributed by atoms with van der Waals surface area (Å²) in [5, 5.41) is 0. The van der Waals surface area contributed by atoms with Crippen LogP contribution in [0.3, 0.4) is 0 Å². The SMILES string of the molecule is C/C(N)=C/C=C(\N)N1CCN(C(=O)OC(C)C)CC1. The van der Waals surface area contributed by atoms with Gasteiger partial charge < -0.3 is 26.0 Å². The van der Waals surface area contributed by atoms with Crippen LogP contribution in [0.25, 0.3) is 0 Å². The third kappa shape index (κ3) is 5.11. The highest BCUT2D eigenvalue weighted by Crippen LogP contribution is 2.08. The zero-order chi connectivity index (χ0) is 14.4. The second-order valence-corrected chi connectivity index (χ2v) is 4.91. The van der Waals surface area contributed by atoms with Crippen molar-refractivity contribution in [3.05, 3.63) is 23.7 Å². The molecule has 0 spiro atoms. The molecule has 19 heavy (non-hydrogen) atoms.